The number of aliphatic hydroxyl groups excluding tert-OH is 1. The number of hydrogen-bond acceptors (Lipinski definition) is 3. The number of aliphatic hydroxyl groups is 1. The second-order valence-corrected chi connectivity index (χ2v) is 5.03. The summed E-state index contributed by atoms with van der Waals surface area (Å²) in [5, 5.41) is 14.9. The molecule has 0 heterocycles. The Labute approximate surface area is 112 Å². The third-order valence-electron chi connectivity index (χ3n) is 2.48. The van der Waals surface area contributed by atoms with Crippen LogP contribution in [-0.2, 0) is 0 Å². The fourth-order valence-corrected chi connectivity index (χ4v) is 2.22. The molecular formula is C13H20N2O2S. The van der Waals surface area contributed by atoms with E-state index in [0.717, 1.165) is 11.3 Å². The van der Waals surface area contributed by atoms with Gasteiger partial charge < -0.3 is 15.7 Å². The van der Waals surface area contributed by atoms with Crippen LogP contribution >= 0.6 is 11.8 Å². The number of hydrogen-bond donors (Lipinski definition) is 3. The van der Waals surface area contributed by atoms with Crippen molar-refractivity contribution >= 4 is 17.8 Å². The molecule has 4 nitrogen and oxygen atoms in total. The van der Waals surface area contributed by atoms with E-state index in [-0.39, 0.29) is 24.7 Å². The van der Waals surface area contributed by atoms with Gasteiger partial charge >= 0.3 is 6.03 Å². The standard InChI is InChI=1S/C13H20N2O2S/c1-10(9-18-2)14-13(17)15-12(8-16)11-6-4-3-5-7-11/h3-7,10,12,16H,8-9H2,1-2H3,(H2,14,15,17)/t10?,12-/m1/s1. The zero-order chi connectivity index (χ0) is 13.4. The molecule has 2 amide bonds. The zero-order valence-corrected chi connectivity index (χ0v) is 11.5. The lowest BCUT2D eigenvalue weighted by Crippen LogP contribution is -2.44. The van der Waals surface area contributed by atoms with Crippen molar-refractivity contribution in [1.29, 1.82) is 0 Å². The maximum Gasteiger partial charge on any atom is 0.315 e. The summed E-state index contributed by atoms with van der Waals surface area (Å²) in [6.45, 7) is 1.83. The number of carbonyl (C=O) groups excluding carboxylic acids is 1. The SMILES string of the molecule is CSCC(C)NC(=O)N[C@H](CO)c1ccccc1. The van der Waals surface area contributed by atoms with Crippen molar-refractivity contribution in [3.8, 4) is 0 Å². The Morgan fingerprint density at radius 2 is 2.00 bits per heavy atom. The maximum absolute atomic E-state index is 11.7. The first kappa shape index (κ1) is 14.9. The van der Waals surface area contributed by atoms with Crippen molar-refractivity contribution in [2.24, 2.45) is 0 Å². The third kappa shape index (κ3) is 4.98. The highest BCUT2D eigenvalue weighted by Gasteiger charge is 2.14. The Hall–Kier alpha value is -1.20. The van der Waals surface area contributed by atoms with E-state index in [9.17, 15) is 9.90 Å². The smallest absolute Gasteiger partial charge is 0.315 e. The number of amides is 2. The molecule has 0 fully saturated rings. The van der Waals surface area contributed by atoms with Crippen molar-refractivity contribution in [2.75, 3.05) is 18.6 Å². The molecule has 18 heavy (non-hydrogen) atoms. The molecule has 0 aliphatic carbocycles. The predicted octanol–water partition coefficient (Wildman–Crippen LogP) is 1.77. The molecule has 1 rings (SSSR count). The van der Waals surface area contributed by atoms with Gasteiger partial charge in [0.15, 0.2) is 0 Å². The molecule has 0 bridgehead atoms. The number of urea groups is 1. The number of rotatable bonds is 6. The number of benzene rings is 1. The molecule has 0 radical (unpaired) electrons. The Morgan fingerprint density at radius 1 is 1.33 bits per heavy atom. The largest absolute Gasteiger partial charge is 0.394 e. The van der Waals surface area contributed by atoms with E-state index < -0.39 is 0 Å². The van der Waals surface area contributed by atoms with Crippen LogP contribution in [0.25, 0.3) is 0 Å². The van der Waals surface area contributed by atoms with Crippen molar-refractivity contribution < 1.29 is 9.90 Å². The molecule has 0 saturated heterocycles. The molecule has 0 spiro atoms. The molecule has 0 aliphatic heterocycles. The van der Waals surface area contributed by atoms with Crippen molar-refractivity contribution in [3.63, 3.8) is 0 Å². The maximum atomic E-state index is 11.7. The first-order valence-corrected chi connectivity index (χ1v) is 7.28. The first-order chi connectivity index (χ1) is 8.67. The van der Waals surface area contributed by atoms with Gasteiger partial charge in [-0.1, -0.05) is 30.3 Å². The quantitative estimate of drug-likeness (QED) is 0.737. The summed E-state index contributed by atoms with van der Waals surface area (Å²) >= 11 is 1.68. The molecule has 1 unspecified atom stereocenters. The van der Waals surface area contributed by atoms with Crippen LogP contribution in [0.3, 0.4) is 0 Å². The second kappa shape index (κ2) is 8.00. The highest BCUT2D eigenvalue weighted by Crippen LogP contribution is 2.11. The first-order valence-electron chi connectivity index (χ1n) is 5.89. The molecule has 2 atom stereocenters. The van der Waals surface area contributed by atoms with Gasteiger partial charge in [0.2, 0.25) is 0 Å². The van der Waals surface area contributed by atoms with Gasteiger partial charge in [0.25, 0.3) is 0 Å². The van der Waals surface area contributed by atoms with E-state index in [1.54, 1.807) is 11.8 Å². The van der Waals surface area contributed by atoms with Crippen LogP contribution in [0.4, 0.5) is 4.79 Å². The van der Waals surface area contributed by atoms with Crippen LogP contribution in [0.2, 0.25) is 0 Å². The minimum Gasteiger partial charge on any atom is -0.394 e. The summed E-state index contributed by atoms with van der Waals surface area (Å²) in [6, 6.07) is 8.92. The minimum absolute atomic E-state index is 0.107. The fourth-order valence-electron chi connectivity index (χ4n) is 1.64. The molecular weight excluding hydrogens is 248 g/mol. The Kier molecular flexibility index (Phi) is 6.60. The van der Waals surface area contributed by atoms with Crippen LogP contribution in [-0.4, -0.2) is 35.8 Å². The summed E-state index contributed by atoms with van der Waals surface area (Å²) in [7, 11) is 0. The molecule has 3 N–H and O–H groups in total. The van der Waals surface area contributed by atoms with E-state index in [1.807, 2.05) is 43.5 Å². The number of thioether (sulfide) groups is 1. The Morgan fingerprint density at radius 3 is 2.56 bits per heavy atom. The van der Waals surface area contributed by atoms with E-state index in [0.29, 0.717) is 0 Å². The van der Waals surface area contributed by atoms with Crippen LogP contribution in [0, 0.1) is 0 Å². The monoisotopic (exact) mass is 268 g/mol. The van der Waals surface area contributed by atoms with Gasteiger partial charge in [-0.15, -0.1) is 0 Å². The van der Waals surface area contributed by atoms with E-state index in [1.165, 1.54) is 0 Å². The van der Waals surface area contributed by atoms with Crippen LogP contribution < -0.4 is 10.6 Å². The lowest BCUT2D eigenvalue weighted by molar-refractivity contribution is 0.215. The summed E-state index contributed by atoms with van der Waals surface area (Å²) < 4.78 is 0. The topological polar surface area (TPSA) is 61.4 Å². The molecule has 0 saturated carbocycles. The highest BCUT2D eigenvalue weighted by molar-refractivity contribution is 7.98. The lowest BCUT2D eigenvalue weighted by atomic mass is 10.1. The molecule has 0 aromatic heterocycles. The minimum atomic E-state index is -0.368. The summed E-state index contributed by atoms with van der Waals surface area (Å²) in [4.78, 5) is 11.7. The van der Waals surface area contributed by atoms with E-state index in [2.05, 4.69) is 10.6 Å². The normalized spacial score (nSPS) is 13.7. The Balaban J connectivity index is 2.51. The molecule has 0 aliphatic rings. The molecule has 5 heteroatoms. The third-order valence-corrected chi connectivity index (χ3v) is 3.32. The van der Waals surface area contributed by atoms with E-state index >= 15 is 0 Å². The average molecular weight is 268 g/mol. The molecule has 1 aromatic carbocycles. The van der Waals surface area contributed by atoms with Gasteiger partial charge in [-0.05, 0) is 18.7 Å². The highest BCUT2D eigenvalue weighted by atomic mass is 32.2. The Bertz CT molecular complexity index is 359. The lowest BCUT2D eigenvalue weighted by Gasteiger charge is -2.19. The van der Waals surface area contributed by atoms with Gasteiger partial charge in [0, 0.05) is 11.8 Å². The summed E-state index contributed by atoms with van der Waals surface area (Å²) in [5.41, 5.74) is 0.896. The second-order valence-electron chi connectivity index (χ2n) is 4.12. The van der Waals surface area contributed by atoms with Crippen LogP contribution in [0.15, 0.2) is 30.3 Å². The number of carbonyl (C=O) groups is 1. The van der Waals surface area contributed by atoms with E-state index in [4.69, 9.17) is 0 Å². The molecule has 1 aromatic rings. The zero-order valence-electron chi connectivity index (χ0n) is 10.7. The molecule has 100 valence electrons. The average Bonchev–Trinajstić information content (AvgIpc) is 2.37. The van der Waals surface area contributed by atoms with Gasteiger partial charge in [0.05, 0.1) is 12.6 Å². The van der Waals surface area contributed by atoms with Gasteiger partial charge in [-0.2, -0.15) is 11.8 Å². The number of nitrogens with one attached hydrogen (secondary N) is 2. The van der Waals surface area contributed by atoms with Crippen molar-refractivity contribution in [1.82, 2.24) is 10.6 Å². The van der Waals surface area contributed by atoms with Crippen molar-refractivity contribution in [3.05, 3.63) is 35.9 Å². The van der Waals surface area contributed by atoms with Crippen LogP contribution in [0.5, 0.6) is 0 Å². The van der Waals surface area contributed by atoms with Crippen LogP contribution in [0.1, 0.15) is 18.5 Å². The van der Waals surface area contributed by atoms with Gasteiger partial charge in [0.1, 0.15) is 0 Å². The van der Waals surface area contributed by atoms with Gasteiger partial charge in [-0.25, -0.2) is 4.79 Å². The van der Waals surface area contributed by atoms with Crippen molar-refractivity contribution in [2.45, 2.75) is 19.0 Å². The van der Waals surface area contributed by atoms with Gasteiger partial charge in [-0.3, -0.25) is 0 Å². The fraction of sp³-hybridized carbons (Fsp3) is 0.462. The summed E-state index contributed by atoms with van der Waals surface area (Å²) in [5.74, 6) is 0.864. The summed E-state index contributed by atoms with van der Waals surface area (Å²) in [6.07, 6.45) is 2.00. The predicted molar refractivity (Wildman–Crippen MR) is 75.8 cm³/mol.